The number of non-ortho nitro benzene ring substituents is 1. The summed E-state index contributed by atoms with van der Waals surface area (Å²) in [5.41, 5.74) is -0.163. The lowest BCUT2D eigenvalue weighted by Crippen LogP contribution is -2.36. The Kier molecular flexibility index (Phi) is 6.15. The number of rotatable bonds is 6. The molecule has 0 aliphatic carbocycles. The molecule has 2 amide bonds. The lowest BCUT2D eigenvalue weighted by atomic mass is 9.92. The number of halogens is 1. The molecule has 0 bridgehead atoms. The minimum atomic E-state index is -1.15. The molecule has 0 spiro atoms. The van der Waals surface area contributed by atoms with Gasteiger partial charge in [-0.05, 0) is 24.3 Å². The van der Waals surface area contributed by atoms with Gasteiger partial charge in [-0.15, -0.1) is 0 Å². The van der Waals surface area contributed by atoms with Gasteiger partial charge in [-0.2, -0.15) is 4.98 Å². The highest BCUT2D eigenvalue weighted by Gasteiger charge is 2.35. The average molecular weight is 485 g/mol. The molecule has 0 radical (unpaired) electrons. The van der Waals surface area contributed by atoms with Crippen molar-refractivity contribution >= 4 is 52.2 Å². The summed E-state index contributed by atoms with van der Waals surface area (Å²) in [5, 5.41) is 19.4. The SMILES string of the molecule is COc1cc([N+](=O)[O-])ccc1NC(=O)C1CC(=O)Nc2nc(Nc3cccc(Cl)c3)[nH]c(=O)c21. The fourth-order valence-electron chi connectivity index (χ4n) is 3.47. The first-order chi connectivity index (χ1) is 16.2. The number of aromatic nitrogens is 2. The molecule has 4 rings (SSSR count). The molecular weight excluding hydrogens is 468 g/mol. The number of H-pyrrole nitrogens is 1. The maximum atomic E-state index is 13.0. The number of fused-ring (bicyclic) bond motifs is 1. The standard InChI is InChI=1S/C21H17ClN6O6/c1-34-15-8-12(28(32)33)5-6-14(15)24-19(30)13-9-16(29)25-18-17(13)20(31)27-21(26-18)23-11-4-2-3-10(22)7-11/h2-8,13H,9H2,1H3,(H,24,30)(H3,23,25,26,27,29,31). The number of nitro groups is 1. The van der Waals surface area contributed by atoms with Crippen LogP contribution in [0.1, 0.15) is 17.9 Å². The zero-order valence-corrected chi connectivity index (χ0v) is 18.3. The Morgan fingerprint density at radius 2 is 2.06 bits per heavy atom. The van der Waals surface area contributed by atoms with Crippen LogP contribution in [0, 0.1) is 10.1 Å². The molecule has 174 valence electrons. The summed E-state index contributed by atoms with van der Waals surface area (Å²) in [4.78, 5) is 55.4. The summed E-state index contributed by atoms with van der Waals surface area (Å²) in [6, 6.07) is 10.4. The van der Waals surface area contributed by atoms with Crippen LogP contribution in [0.15, 0.2) is 47.3 Å². The molecule has 2 aromatic carbocycles. The highest BCUT2D eigenvalue weighted by molar-refractivity contribution is 6.30. The van der Waals surface area contributed by atoms with Gasteiger partial charge in [0.05, 0.1) is 35.3 Å². The Hall–Kier alpha value is -4.45. The quantitative estimate of drug-likeness (QED) is 0.305. The Morgan fingerprint density at radius 3 is 2.76 bits per heavy atom. The second-order valence-corrected chi connectivity index (χ2v) is 7.68. The zero-order valence-electron chi connectivity index (χ0n) is 17.5. The molecule has 0 saturated heterocycles. The Labute approximate surface area is 196 Å². The van der Waals surface area contributed by atoms with Crippen molar-refractivity contribution < 1.29 is 19.2 Å². The maximum absolute atomic E-state index is 13.0. The van der Waals surface area contributed by atoms with Crippen LogP contribution in [0.25, 0.3) is 0 Å². The Bertz CT molecular complexity index is 1370. The number of anilines is 4. The first kappa shape index (κ1) is 22.7. The number of hydrogen-bond donors (Lipinski definition) is 4. The van der Waals surface area contributed by atoms with Gasteiger partial charge in [-0.3, -0.25) is 29.5 Å². The lowest BCUT2D eigenvalue weighted by Gasteiger charge is -2.24. The predicted octanol–water partition coefficient (Wildman–Crippen LogP) is 3.15. The number of methoxy groups -OCH3 is 1. The second-order valence-electron chi connectivity index (χ2n) is 7.25. The van der Waals surface area contributed by atoms with E-state index in [1.165, 1.54) is 19.2 Å². The first-order valence-electron chi connectivity index (χ1n) is 9.85. The van der Waals surface area contributed by atoms with Gasteiger partial charge >= 0.3 is 0 Å². The number of aromatic amines is 1. The van der Waals surface area contributed by atoms with Crippen LogP contribution in [-0.4, -0.2) is 33.8 Å². The van der Waals surface area contributed by atoms with E-state index in [1.54, 1.807) is 24.3 Å². The van der Waals surface area contributed by atoms with Crippen molar-refractivity contribution in [2.75, 3.05) is 23.1 Å². The van der Waals surface area contributed by atoms with E-state index in [4.69, 9.17) is 16.3 Å². The average Bonchev–Trinajstić information content (AvgIpc) is 2.78. The molecule has 1 atom stereocenters. The summed E-state index contributed by atoms with van der Waals surface area (Å²) in [5.74, 6) is -2.29. The number of ether oxygens (including phenoxy) is 1. The Balaban J connectivity index is 1.64. The number of amides is 2. The highest BCUT2D eigenvalue weighted by Crippen LogP contribution is 2.33. The van der Waals surface area contributed by atoms with E-state index in [1.807, 2.05) is 0 Å². The van der Waals surface area contributed by atoms with Gasteiger partial charge in [0.2, 0.25) is 17.8 Å². The minimum Gasteiger partial charge on any atom is -0.494 e. The number of nitro benzene ring substituents is 1. The molecule has 0 fully saturated rings. The molecular formula is C21H17ClN6O6. The van der Waals surface area contributed by atoms with Gasteiger partial charge in [0, 0.05) is 23.2 Å². The van der Waals surface area contributed by atoms with Crippen LogP contribution < -0.4 is 26.2 Å². The van der Waals surface area contributed by atoms with Crippen molar-refractivity contribution in [2.45, 2.75) is 12.3 Å². The molecule has 1 aliphatic rings. The molecule has 2 heterocycles. The molecule has 34 heavy (non-hydrogen) atoms. The number of nitrogens with one attached hydrogen (secondary N) is 4. The van der Waals surface area contributed by atoms with Crippen LogP contribution in [0.3, 0.4) is 0 Å². The van der Waals surface area contributed by atoms with Gasteiger partial charge in [0.15, 0.2) is 0 Å². The molecule has 1 aromatic heterocycles. The van der Waals surface area contributed by atoms with Crippen molar-refractivity contribution in [3.8, 4) is 5.75 Å². The van der Waals surface area contributed by atoms with Crippen LogP contribution in [0.4, 0.5) is 28.8 Å². The molecule has 12 nitrogen and oxygen atoms in total. The van der Waals surface area contributed by atoms with Crippen molar-refractivity contribution in [3.05, 3.63) is 73.5 Å². The van der Waals surface area contributed by atoms with Gasteiger partial charge in [-0.1, -0.05) is 17.7 Å². The number of nitrogens with zero attached hydrogens (tertiary/aromatic N) is 2. The molecule has 4 N–H and O–H groups in total. The van der Waals surface area contributed by atoms with Crippen LogP contribution in [0.5, 0.6) is 5.75 Å². The maximum Gasteiger partial charge on any atom is 0.273 e. The second kappa shape index (κ2) is 9.19. The summed E-state index contributed by atoms with van der Waals surface area (Å²) < 4.78 is 5.12. The summed E-state index contributed by atoms with van der Waals surface area (Å²) in [6.45, 7) is 0. The monoisotopic (exact) mass is 484 g/mol. The summed E-state index contributed by atoms with van der Waals surface area (Å²) in [7, 11) is 1.29. The van der Waals surface area contributed by atoms with Gasteiger partial charge in [0.1, 0.15) is 11.6 Å². The molecule has 3 aromatic rings. The van der Waals surface area contributed by atoms with Crippen molar-refractivity contribution in [1.29, 1.82) is 0 Å². The van der Waals surface area contributed by atoms with Gasteiger partial charge < -0.3 is 20.7 Å². The summed E-state index contributed by atoms with van der Waals surface area (Å²) in [6.07, 6.45) is -0.292. The Morgan fingerprint density at radius 1 is 1.26 bits per heavy atom. The van der Waals surface area contributed by atoms with Gasteiger partial charge in [0.25, 0.3) is 11.2 Å². The van der Waals surface area contributed by atoms with E-state index in [-0.39, 0.29) is 40.9 Å². The normalized spacial score (nSPS) is 14.5. The predicted molar refractivity (Wildman–Crippen MR) is 124 cm³/mol. The van der Waals surface area contributed by atoms with Crippen molar-refractivity contribution in [3.63, 3.8) is 0 Å². The number of hydrogen-bond acceptors (Lipinski definition) is 8. The smallest absolute Gasteiger partial charge is 0.273 e. The number of benzene rings is 2. The number of carbonyl (C=O) groups excluding carboxylic acids is 2. The molecule has 1 aliphatic heterocycles. The fourth-order valence-corrected chi connectivity index (χ4v) is 3.66. The van der Waals surface area contributed by atoms with Crippen LogP contribution in [-0.2, 0) is 9.59 Å². The lowest BCUT2D eigenvalue weighted by molar-refractivity contribution is -0.384. The fraction of sp³-hybridized carbons (Fsp3) is 0.143. The third-order valence-corrected chi connectivity index (χ3v) is 5.24. The van der Waals surface area contributed by atoms with Crippen LogP contribution in [0.2, 0.25) is 5.02 Å². The van der Waals surface area contributed by atoms with E-state index < -0.39 is 28.2 Å². The highest BCUT2D eigenvalue weighted by atomic mass is 35.5. The van der Waals surface area contributed by atoms with Crippen molar-refractivity contribution in [2.24, 2.45) is 0 Å². The van der Waals surface area contributed by atoms with Gasteiger partial charge in [-0.25, -0.2) is 0 Å². The number of carbonyl (C=O) groups is 2. The minimum absolute atomic E-state index is 0.0189. The van der Waals surface area contributed by atoms with E-state index in [2.05, 4.69) is 25.9 Å². The molecule has 1 unspecified atom stereocenters. The van der Waals surface area contributed by atoms with E-state index in [9.17, 15) is 24.5 Å². The van der Waals surface area contributed by atoms with E-state index >= 15 is 0 Å². The first-order valence-corrected chi connectivity index (χ1v) is 10.2. The third-order valence-electron chi connectivity index (χ3n) is 5.01. The molecule has 13 heteroatoms. The zero-order chi connectivity index (χ0) is 24.4. The van der Waals surface area contributed by atoms with Crippen molar-refractivity contribution in [1.82, 2.24) is 9.97 Å². The summed E-state index contributed by atoms with van der Waals surface area (Å²) >= 11 is 5.97. The topological polar surface area (TPSA) is 168 Å². The van der Waals surface area contributed by atoms with E-state index in [0.717, 1.165) is 6.07 Å². The van der Waals surface area contributed by atoms with Crippen LogP contribution >= 0.6 is 11.6 Å². The van der Waals surface area contributed by atoms with E-state index in [0.29, 0.717) is 10.7 Å². The largest absolute Gasteiger partial charge is 0.494 e. The molecule has 0 saturated carbocycles. The third kappa shape index (κ3) is 4.66.